The fourth-order valence-corrected chi connectivity index (χ4v) is 4.24. The number of carboxylic acids is 1. The van der Waals surface area contributed by atoms with Gasteiger partial charge in [-0.1, -0.05) is 37.6 Å². The van der Waals surface area contributed by atoms with Crippen LogP contribution in [-0.4, -0.2) is 32.5 Å². The van der Waals surface area contributed by atoms with Crippen molar-refractivity contribution in [2.24, 2.45) is 0 Å². The molecule has 0 unspecified atom stereocenters. The van der Waals surface area contributed by atoms with Crippen LogP contribution in [0, 0.1) is 11.6 Å². The van der Waals surface area contributed by atoms with Crippen LogP contribution in [0.2, 0.25) is 5.02 Å². The van der Waals surface area contributed by atoms with E-state index in [1.54, 1.807) is 36.6 Å². The van der Waals surface area contributed by atoms with Gasteiger partial charge in [-0.25, -0.2) is 13.6 Å². The van der Waals surface area contributed by atoms with Gasteiger partial charge in [0, 0.05) is 33.4 Å². The van der Waals surface area contributed by atoms with E-state index < -0.39 is 23.0 Å². The van der Waals surface area contributed by atoms with E-state index in [1.807, 2.05) is 0 Å². The number of phenolic OH excluding ortho intramolecular Hbond substituents is 1. The number of hydrogen-bond acceptors (Lipinski definition) is 3. The minimum atomic E-state index is -1.09. The van der Waals surface area contributed by atoms with E-state index in [-0.39, 0.29) is 28.6 Å². The quantitative estimate of drug-likeness (QED) is 0.338. The first-order valence-corrected chi connectivity index (χ1v) is 10.4. The average molecular weight is 472 g/mol. The van der Waals surface area contributed by atoms with Crippen molar-refractivity contribution in [1.82, 2.24) is 4.57 Å². The number of hydrogen-bond donors (Lipinski definition) is 3. The summed E-state index contributed by atoms with van der Waals surface area (Å²) >= 11 is 6.23. The number of carbonyl (C=O) groups is 1. The molecule has 0 aliphatic heterocycles. The van der Waals surface area contributed by atoms with Crippen molar-refractivity contribution < 1.29 is 28.9 Å². The fourth-order valence-electron chi connectivity index (χ4n) is 4.03. The standard InChI is InChI=1S/C25H20ClF2NO4/c1-25(2,12-30)23-21(13-3-5-14(6-4-13)24(32)33)22-19(9-15(26)10-20(22)31)29(23)16-7-8-17(27)18(28)11-16/h3-11,30-31H,12H2,1-2H3,(H,32,33). The monoisotopic (exact) mass is 471 g/mol. The SMILES string of the molecule is CC(C)(CO)c1c(-c2ccc(C(=O)O)cc2)c2c(O)cc(Cl)cc2n1-c1ccc(F)c(F)c1. The van der Waals surface area contributed by atoms with Gasteiger partial charge in [-0.05, 0) is 42.0 Å². The highest BCUT2D eigenvalue weighted by Crippen LogP contribution is 2.46. The second-order valence-electron chi connectivity index (χ2n) is 8.40. The third-order valence-corrected chi connectivity index (χ3v) is 5.85. The second-order valence-corrected chi connectivity index (χ2v) is 8.84. The number of aromatic carboxylic acids is 1. The van der Waals surface area contributed by atoms with Gasteiger partial charge in [-0.15, -0.1) is 0 Å². The number of benzene rings is 3. The number of nitrogens with zero attached hydrogens (tertiary/aromatic N) is 1. The molecule has 0 amide bonds. The molecule has 0 saturated heterocycles. The van der Waals surface area contributed by atoms with Gasteiger partial charge >= 0.3 is 5.97 Å². The summed E-state index contributed by atoms with van der Waals surface area (Å²) in [5, 5.41) is 31.0. The minimum Gasteiger partial charge on any atom is -0.507 e. The molecule has 1 aromatic heterocycles. The number of carboxylic acid groups (broad SMARTS) is 1. The highest BCUT2D eigenvalue weighted by molar-refractivity contribution is 6.31. The molecule has 0 aliphatic carbocycles. The summed E-state index contributed by atoms with van der Waals surface area (Å²) in [5.74, 6) is -3.30. The van der Waals surface area contributed by atoms with E-state index in [1.165, 1.54) is 24.3 Å². The number of halogens is 3. The van der Waals surface area contributed by atoms with E-state index in [0.29, 0.717) is 27.7 Å². The zero-order chi connectivity index (χ0) is 24.1. The van der Waals surface area contributed by atoms with Crippen LogP contribution in [0.3, 0.4) is 0 Å². The molecule has 170 valence electrons. The van der Waals surface area contributed by atoms with Crippen molar-refractivity contribution >= 4 is 28.5 Å². The van der Waals surface area contributed by atoms with Crippen molar-refractivity contribution in [3.63, 3.8) is 0 Å². The Bertz CT molecular complexity index is 1390. The first-order chi connectivity index (χ1) is 15.5. The Balaban J connectivity index is 2.20. The fraction of sp³-hybridized carbons (Fsp3) is 0.160. The van der Waals surface area contributed by atoms with Gasteiger partial charge in [0.15, 0.2) is 11.6 Å². The number of aliphatic hydroxyl groups excluding tert-OH is 1. The van der Waals surface area contributed by atoms with E-state index in [9.17, 15) is 28.9 Å². The summed E-state index contributed by atoms with van der Waals surface area (Å²) in [7, 11) is 0. The lowest BCUT2D eigenvalue weighted by molar-refractivity contribution is 0.0697. The zero-order valence-electron chi connectivity index (χ0n) is 17.7. The molecule has 4 rings (SSSR count). The van der Waals surface area contributed by atoms with Gasteiger partial charge in [0.2, 0.25) is 0 Å². The Morgan fingerprint density at radius 1 is 1.03 bits per heavy atom. The molecular formula is C25H20ClF2NO4. The van der Waals surface area contributed by atoms with Crippen LogP contribution in [0.4, 0.5) is 8.78 Å². The van der Waals surface area contributed by atoms with Gasteiger partial charge in [0.1, 0.15) is 5.75 Å². The Morgan fingerprint density at radius 3 is 2.27 bits per heavy atom. The molecule has 0 aliphatic rings. The molecule has 5 nitrogen and oxygen atoms in total. The summed E-state index contributed by atoms with van der Waals surface area (Å²) in [6, 6.07) is 12.4. The molecule has 1 heterocycles. The van der Waals surface area contributed by atoms with Crippen LogP contribution in [0.25, 0.3) is 27.7 Å². The predicted octanol–water partition coefficient (Wildman–Crippen LogP) is 5.90. The molecule has 0 fully saturated rings. The normalized spacial score (nSPS) is 11.8. The zero-order valence-corrected chi connectivity index (χ0v) is 18.5. The predicted molar refractivity (Wildman–Crippen MR) is 122 cm³/mol. The van der Waals surface area contributed by atoms with Crippen LogP contribution in [-0.2, 0) is 5.41 Å². The molecule has 0 spiro atoms. The Hall–Kier alpha value is -3.42. The van der Waals surface area contributed by atoms with Crippen molar-refractivity contribution in [3.8, 4) is 22.6 Å². The van der Waals surface area contributed by atoms with Crippen LogP contribution >= 0.6 is 11.6 Å². The third-order valence-electron chi connectivity index (χ3n) is 5.63. The Morgan fingerprint density at radius 2 is 1.70 bits per heavy atom. The molecule has 0 atom stereocenters. The molecular weight excluding hydrogens is 452 g/mol. The molecule has 4 aromatic rings. The van der Waals surface area contributed by atoms with E-state index in [0.717, 1.165) is 12.1 Å². The topological polar surface area (TPSA) is 82.7 Å². The van der Waals surface area contributed by atoms with Gasteiger partial charge < -0.3 is 19.9 Å². The van der Waals surface area contributed by atoms with E-state index in [2.05, 4.69) is 0 Å². The lowest BCUT2D eigenvalue weighted by Gasteiger charge is -2.27. The summed E-state index contributed by atoms with van der Waals surface area (Å²) in [6.07, 6.45) is 0. The molecule has 3 aromatic carbocycles. The van der Waals surface area contributed by atoms with Crippen molar-refractivity contribution in [1.29, 1.82) is 0 Å². The van der Waals surface area contributed by atoms with Crippen LogP contribution < -0.4 is 0 Å². The second kappa shape index (κ2) is 8.17. The number of fused-ring (bicyclic) bond motifs is 1. The molecule has 33 heavy (non-hydrogen) atoms. The summed E-state index contributed by atoms with van der Waals surface area (Å²) in [4.78, 5) is 11.3. The summed E-state index contributed by atoms with van der Waals surface area (Å²) < 4.78 is 29.5. The number of rotatable bonds is 5. The first-order valence-electron chi connectivity index (χ1n) is 10.0. The smallest absolute Gasteiger partial charge is 0.335 e. The van der Waals surface area contributed by atoms with Crippen molar-refractivity contribution in [2.45, 2.75) is 19.3 Å². The van der Waals surface area contributed by atoms with Gasteiger partial charge in [-0.2, -0.15) is 0 Å². The molecule has 0 saturated carbocycles. The highest BCUT2D eigenvalue weighted by Gasteiger charge is 2.33. The number of aliphatic hydroxyl groups is 1. The Kier molecular flexibility index (Phi) is 5.64. The van der Waals surface area contributed by atoms with Gasteiger partial charge in [0.25, 0.3) is 0 Å². The molecule has 0 radical (unpaired) electrons. The molecule has 3 N–H and O–H groups in total. The largest absolute Gasteiger partial charge is 0.507 e. The minimum absolute atomic E-state index is 0.0818. The summed E-state index contributed by atoms with van der Waals surface area (Å²) in [5.41, 5.74) is 1.44. The Labute approximate surface area is 193 Å². The van der Waals surface area contributed by atoms with E-state index in [4.69, 9.17) is 11.6 Å². The lowest BCUT2D eigenvalue weighted by Crippen LogP contribution is -2.26. The maximum atomic E-state index is 14.2. The van der Waals surface area contributed by atoms with Gasteiger partial charge in [0.05, 0.1) is 23.1 Å². The lowest BCUT2D eigenvalue weighted by atomic mass is 9.84. The maximum absolute atomic E-state index is 14.2. The third kappa shape index (κ3) is 3.83. The average Bonchev–Trinajstić information content (AvgIpc) is 3.12. The first kappa shape index (κ1) is 22.8. The van der Waals surface area contributed by atoms with Crippen molar-refractivity contribution in [2.75, 3.05) is 6.61 Å². The number of aromatic nitrogens is 1. The number of aromatic hydroxyl groups is 1. The van der Waals surface area contributed by atoms with E-state index >= 15 is 0 Å². The molecule has 8 heteroatoms. The van der Waals surface area contributed by atoms with Crippen LogP contribution in [0.15, 0.2) is 54.6 Å². The summed E-state index contributed by atoms with van der Waals surface area (Å²) in [6.45, 7) is 3.23. The van der Waals surface area contributed by atoms with Crippen LogP contribution in [0.5, 0.6) is 5.75 Å². The van der Waals surface area contributed by atoms with Crippen LogP contribution in [0.1, 0.15) is 29.9 Å². The van der Waals surface area contributed by atoms with Crippen molar-refractivity contribution in [3.05, 3.63) is 82.5 Å². The van der Waals surface area contributed by atoms with Gasteiger partial charge in [-0.3, -0.25) is 0 Å². The maximum Gasteiger partial charge on any atom is 0.335 e. The molecule has 0 bridgehead atoms. The number of phenols is 1. The highest BCUT2D eigenvalue weighted by atomic mass is 35.5.